The van der Waals surface area contributed by atoms with Crippen molar-refractivity contribution in [1.29, 1.82) is 0 Å². The summed E-state index contributed by atoms with van der Waals surface area (Å²) in [5.41, 5.74) is 1.73. The Morgan fingerprint density at radius 1 is 1.26 bits per heavy atom. The molecule has 1 aromatic carbocycles. The summed E-state index contributed by atoms with van der Waals surface area (Å²) in [4.78, 5) is 4.43. The Hall–Kier alpha value is -2.25. The third-order valence-corrected chi connectivity index (χ3v) is 4.27. The highest BCUT2D eigenvalue weighted by molar-refractivity contribution is 5.72. The molecule has 0 radical (unpaired) electrons. The molecule has 23 heavy (non-hydrogen) atoms. The lowest BCUT2D eigenvalue weighted by molar-refractivity contribution is 0.00999. The third-order valence-electron chi connectivity index (χ3n) is 4.27. The first kappa shape index (κ1) is 14.3. The minimum Gasteiger partial charge on any atom is -0.439 e. The number of aromatic nitrogens is 4. The summed E-state index contributed by atoms with van der Waals surface area (Å²) in [5, 5.41) is 22.1. The molecule has 0 amide bonds. The van der Waals surface area contributed by atoms with E-state index < -0.39 is 5.60 Å². The molecule has 1 aliphatic rings. The number of piperidine rings is 1. The Kier molecular flexibility index (Phi) is 3.59. The van der Waals surface area contributed by atoms with Crippen molar-refractivity contribution in [2.24, 2.45) is 0 Å². The highest BCUT2D eigenvalue weighted by Crippen LogP contribution is 2.22. The van der Waals surface area contributed by atoms with Crippen LogP contribution < -0.4 is 5.32 Å². The summed E-state index contributed by atoms with van der Waals surface area (Å²) >= 11 is 0. The zero-order chi connectivity index (χ0) is 15.7. The van der Waals surface area contributed by atoms with Gasteiger partial charge in [0, 0.05) is 12.6 Å². The molecule has 3 heterocycles. The van der Waals surface area contributed by atoms with E-state index in [-0.39, 0.29) is 0 Å². The van der Waals surface area contributed by atoms with E-state index in [1.54, 1.807) is 4.68 Å². The summed E-state index contributed by atoms with van der Waals surface area (Å²) in [6.45, 7) is 2.11. The molecule has 1 fully saturated rings. The first-order chi connectivity index (χ1) is 11.2. The van der Waals surface area contributed by atoms with Crippen LogP contribution in [0.25, 0.3) is 11.1 Å². The monoisotopic (exact) mass is 313 g/mol. The second-order valence-electron chi connectivity index (χ2n) is 6.13. The number of benzene rings is 1. The van der Waals surface area contributed by atoms with Crippen LogP contribution in [-0.4, -0.2) is 43.8 Å². The number of fused-ring (bicyclic) bond motifs is 1. The molecule has 0 spiro atoms. The zero-order valence-corrected chi connectivity index (χ0v) is 12.8. The van der Waals surface area contributed by atoms with E-state index in [1.807, 2.05) is 30.5 Å². The maximum Gasteiger partial charge on any atom is 0.217 e. The van der Waals surface area contributed by atoms with Crippen LogP contribution in [0.4, 0.5) is 0 Å². The van der Waals surface area contributed by atoms with Crippen molar-refractivity contribution in [3.63, 3.8) is 0 Å². The van der Waals surface area contributed by atoms with Crippen molar-refractivity contribution < 1.29 is 9.52 Å². The average Bonchev–Trinajstić information content (AvgIpc) is 3.14. The zero-order valence-electron chi connectivity index (χ0n) is 12.8. The molecule has 120 valence electrons. The van der Waals surface area contributed by atoms with Crippen molar-refractivity contribution in [2.45, 2.75) is 31.4 Å². The molecule has 0 atom stereocenters. The van der Waals surface area contributed by atoms with Crippen molar-refractivity contribution in [1.82, 2.24) is 25.3 Å². The van der Waals surface area contributed by atoms with Gasteiger partial charge in [0.05, 0.1) is 11.3 Å². The fourth-order valence-corrected chi connectivity index (χ4v) is 3.03. The lowest BCUT2D eigenvalue weighted by atomic mass is 9.88. The van der Waals surface area contributed by atoms with Gasteiger partial charge in [0.2, 0.25) is 5.89 Å². The molecule has 0 aliphatic carbocycles. The summed E-state index contributed by atoms with van der Waals surface area (Å²) < 4.78 is 7.39. The van der Waals surface area contributed by atoms with E-state index in [2.05, 4.69) is 20.6 Å². The molecule has 3 aromatic rings. The van der Waals surface area contributed by atoms with Crippen LogP contribution in [0, 0.1) is 0 Å². The van der Waals surface area contributed by atoms with Gasteiger partial charge in [-0.15, -0.1) is 5.10 Å². The van der Waals surface area contributed by atoms with Gasteiger partial charge < -0.3 is 14.8 Å². The third kappa shape index (κ3) is 3.11. The van der Waals surface area contributed by atoms with Gasteiger partial charge in [-0.25, -0.2) is 9.67 Å². The fraction of sp³-hybridized carbons (Fsp3) is 0.438. The SMILES string of the molecule is OC1(Cc2cn(Cc3nc4ccccc4o3)nn2)CCNCC1. The first-order valence-electron chi connectivity index (χ1n) is 7.87. The molecule has 4 rings (SSSR count). The Balaban J connectivity index is 1.47. The van der Waals surface area contributed by atoms with Crippen LogP contribution >= 0.6 is 0 Å². The molecular weight excluding hydrogens is 294 g/mol. The second-order valence-corrected chi connectivity index (χ2v) is 6.13. The molecule has 0 unspecified atom stereocenters. The van der Waals surface area contributed by atoms with Crippen molar-refractivity contribution in [3.05, 3.63) is 42.0 Å². The van der Waals surface area contributed by atoms with Crippen molar-refractivity contribution in [3.8, 4) is 0 Å². The largest absolute Gasteiger partial charge is 0.439 e. The minimum atomic E-state index is -0.677. The lowest BCUT2D eigenvalue weighted by Crippen LogP contribution is -2.43. The van der Waals surface area contributed by atoms with Crippen molar-refractivity contribution in [2.75, 3.05) is 13.1 Å². The average molecular weight is 313 g/mol. The maximum atomic E-state index is 10.6. The number of aliphatic hydroxyl groups is 1. The van der Waals surface area contributed by atoms with Gasteiger partial charge in [-0.3, -0.25) is 0 Å². The predicted molar refractivity (Wildman–Crippen MR) is 83.9 cm³/mol. The number of rotatable bonds is 4. The summed E-state index contributed by atoms with van der Waals surface area (Å²) in [7, 11) is 0. The lowest BCUT2D eigenvalue weighted by Gasteiger charge is -2.31. The highest BCUT2D eigenvalue weighted by Gasteiger charge is 2.30. The molecule has 2 aromatic heterocycles. The molecule has 0 bridgehead atoms. The smallest absolute Gasteiger partial charge is 0.217 e. The van der Waals surface area contributed by atoms with Gasteiger partial charge in [-0.2, -0.15) is 0 Å². The van der Waals surface area contributed by atoms with E-state index >= 15 is 0 Å². The second kappa shape index (κ2) is 5.75. The Bertz CT molecular complexity index is 771. The Morgan fingerprint density at radius 2 is 2.09 bits per heavy atom. The molecule has 1 aliphatic heterocycles. The molecule has 7 heteroatoms. The fourth-order valence-electron chi connectivity index (χ4n) is 3.03. The van der Waals surface area contributed by atoms with Crippen LogP contribution in [0.2, 0.25) is 0 Å². The van der Waals surface area contributed by atoms with Gasteiger partial charge in [0.1, 0.15) is 12.1 Å². The number of nitrogens with one attached hydrogen (secondary N) is 1. The Morgan fingerprint density at radius 3 is 2.91 bits per heavy atom. The van der Waals surface area contributed by atoms with E-state index in [9.17, 15) is 5.11 Å². The number of hydrogen-bond acceptors (Lipinski definition) is 6. The van der Waals surface area contributed by atoms with Crippen LogP contribution in [0.3, 0.4) is 0 Å². The number of nitrogens with zero attached hydrogens (tertiary/aromatic N) is 4. The van der Waals surface area contributed by atoms with E-state index in [0.717, 1.165) is 42.7 Å². The maximum absolute atomic E-state index is 10.6. The van der Waals surface area contributed by atoms with E-state index in [1.165, 1.54) is 0 Å². The van der Waals surface area contributed by atoms with Crippen LogP contribution in [-0.2, 0) is 13.0 Å². The minimum absolute atomic E-state index is 0.432. The molecule has 2 N–H and O–H groups in total. The Labute approximate surface area is 133 Å². The number of para-hydroxylation sites is 2. The normalized spacial score (nSPS) is 17.6. The van der Waals surface area contributed by atoms with Gasteiger partial charge in [-0.05, 0) is 38.1 Å². The quantitative estimate of drug-likeness (QED) is 0.750. The number of oxazole rings is 1. The number of hydrogen-bond donors (Lipinski definition) is 2. The molecule has 1 saturated heterocycles. The highest BCUT2D eigenvalue weighted by atomic mass is 16.3. The van der Waals surface area contributed by atoms with Crippen LogP contribution in [0.5, 0.6) is 0 Å². The standard InChI is InChI=1S/C16H19N5O2/c22-16(5-7-17-8-6-16)9-12-10-21(20-19-12)11-15-18-13-3-1-2-4-14(13)23-15/h1-4,10,17,22H,5-9,11H2. The molecule has 0 saturated carbocycles. The van der Waals surface area contributed by atoms with Gasteiger partial charge in [0.15, 0.2) is 5.58 Å². The first-order valence-corrected chi connectivity index (χ1v) is 7.87. The summed E-state index contributed by atoms with van der Waals surface area (Å²) in [5.74, 6) is 0.600. The van der Waals surface area contributed by atoms with Crippen LogP contribution in [0.15, 0.2) is 34.9 Å². The van der Waals surface area contributed by atoms with Gasteiger partial charge in [-0.1, -0.05) is 17.3 Å². The van der Waals surface area contributed by atoms with Gasteiger partial charge in [0.25, 0.3) is 0 Å². The topological polar surface area (TPSA) is 89.0 Å². The predicted octanol–water partition coefficient (Wildman–Crippen LogP) is 1.12. The van der Waals surface area contributed by atoms with Crippen molar-refractivity contribution >= 4 is 11.1 Å². The van der Waals surface area contributed by atoms with Crippen LogP contribution in [0.1, 0.15) is 24.4 Å². The molecule has 7 nitrogen and oxygen atoms in total. The van der Waals surface area contributed by atoms with Gasteiger partial charge >= 0.3 is 0 Å². The molecular formula is C16H19N5O2. The van der Waals surface area contributed by atoms with E-state index in [0.29, 0.717) is 18.9 Å². The summed E-state index contributed by atoms with van der Waals surface area (Å²) in [6.07, 6.45) is 3.87. The van der Waals surface area contributed by atoms with E-state index in [4.69, 9.17) is 4.42 Å². The summed E-state index contributed by atoms with van der Waals surface area (Å²) in [6, 6.07) is 7.67.